The van der Waals surface area contributed by atoms with Crippen molar-refractivity contribution in [2.45, 2.75) is 31.3 Å². The van der Waals surface area contributed by atoms with Gasteiger partial charge in [-0.05, 0) is 49.2 Å². The van der Waals surface area contributed by atoms with Crippen LogP contribution in [0, 0.1) is 13.8 Å². The number of sulfone groups is 1. The van der Waals surface area contributed by atoms with Crippen LogP contribution in [0.1, 0.15) is 28.3 Å². The van der Waals surface area contributed by atoms with Crippen LogP contribution in [0.25, 0.3) is 0 Å². The number of carbonyl (C=O) groups is 1. The van der Waals surface area contributed by atoms with E-state index in [-0.39, 0.29) is 16.3 Å². The second-order valence-electron chi connectivity index (χ2n) is 7.90. The monoisotopic (exact) mass is 467 g/mol. The molecule has 1 aliphatic heterocycles. The molecule has 4 rings (SSSR count). The number of aryl methyl sites for hydroxylation is 2. The van der Waals surface area contributed by atoms with Crippen LogP contribution in [-0.4, -0.2) is 24.3 Å². The number of carbonyl (C=O) groups excluding carboxylic acids is 1. The molecule has 1 amide bonds. The first-order valence-corrected chi connectivity index (χ1v) is 11.9. The van der Waals surface area contributed by atoms with Gasteiger partial charge in [0.2, 0.25) is 9.84 Å². The largest absolute Gasteiger partial charge is 0.502 e. The van der Waals surface area contributed by atoms with Crippen LogP contribution >= 0.6 is 11.6 Å². The molecule has 164 valence electrons. The van der Waals surface area contributed by atoms with Gasteiger partial charge >= 0.3 is 0 Å². The fourth-order valence-electron chi connectivity index (χ4n) is 3.78. The van der Waals surface area contributed by atoms with E-state index in [2.05, 4.69) is 0 Å². The fourth-order valence-corrected chi connectivity index (χ4v) is 5.55. The highest BCUT2D eigenvalue weighted by Crippen LogP contribution is 2.43. The van der Waals surface area contributed by atoms with E-state index in [0.29, 0.717) is 10.6 Å². The summed E-state index contributed by atoms with van der Waals surface area (Å²) in [5.41, 5.74) is 3.27. The van der Waals surface area contributed by atoms with Gasteiger partial charge in [0.1, 0.15) is 4.91 Å². The number of nitrogens with zero attached hydrogens (tertiary/aromatic N) is 1. The van der Waals surface area contributed by atoms with Gasteiger partial charge in [-0.1, -0.05) is 71.3 Å². The molecule has 0 aliphatic carbocycles. The fraction of sp³-hybridized carbons (Fsp3) is 0.160. The van der Waals surface area contributed by atoms with E-state index in [1.807, 2.05) is 26.0 Å². The van der Waals surface area contributed by atoms with Crippen molar-refractivity contribution in [3.05, 3.63) is 111 Å². The van der Waals surface area contributed by atoms with Gasteiger partial charge in [0.05, 0.1) is 10.9 Å². The Morgan fingerprint density at radius 2 is 1.41 bits per heavy atom. The first-order valence-electron chi connectivity index (χ1n) is 10.1. The Labute approximate surface area is 192 Å². The van der Waals surface area contributed by atoms with Gasteiger partial charge in [0, 0.05) is 11.6 Å². The third-order valence-corrected chi connectivity index (χ3v) is 7.68. The number of halogens is 1. The molecule has 5 nitrogen and oxygen atoms in total. The molecule has 0 radical (unpaired) electrons. The number of aliphatic hydroxyl groups excluding tert-OH is 1. The first kappa shape index (κ1) is 22.1. The van der Waals surface area contributed by atoms with Crippen molar-refractivity contribution in [2.24, 2.45) is 0 Å². The minimum atomic E-state index is -4.13. The third-order valence-electron chi connectivity index (χ3n) is 5.54. The quantitative estimate of drug-likeness (QED) is 0.553. The number of aliphatic hydroxyl groups is 1. The summed E-state index contributed by atoms with van der Waals surface area (Å²) in [6.45, 7) is 3.90. The average molecular weight is 468 g/mol. The van der Waals surface area contributed by atoms with Crippen LogP contribution in [0.5, 0.6) is 0 Å². The Morgan fingerprint density at radius 3 is 1.97 bits per heavy atom. The van der Waals surface area contributed by atoms with Crippen LogP contribution in [0.4, 0.5) is 0 Å². The molecule has 1 atom stereocenters. The highest BCUT2D eigenvalue weighted by molar-refractivity contribution is 7.95. The molecule has 3 aromatic carbocycles. The van der Waals surface area contributed by atoms with Crippen LogP contribution in [0.15, 0.2) is 88.4 Å². The summed E-state index contributed by atoms with van der Waals surface area (Å²) in [4.78, 5) is 14.2. The lowest BCUT2D eigenvalue weighted by atomic mass is 10.0. The standard InChI is InChI=1S/C25H22ClNO4S/c1-16-3-9-19(10-4-16)22-24(32(30,31)21-13-5-17(2)6-14-21)23(28)25(29)27(22)15-18-7-11-20(26)12-8-18/h3-14,22,28H,15H2,1-2H3/t22-/m1/s1. The summed E-state index contributed by atoms with van der Waals surface area (Å²) < 4.78 is 27.2. The molecular formula is C25H22ClNO4S. The van der Waals surface area contributed by atoms with E-state index in [9.17, 15) is 18.3 Å². The summed E-state index contributed by atoms with van der Waals surface area (Å²) in [5, 5.41) is 11.3. The van der Waals surface area contributed by atoms with E-state index in [0.717, 1.165) is 16.7 Å². The SMILES string of the molecule is Cc1ccc([C@@H]2C(S(=O)(=O)c3ccc(C)cc3)=C(O)C(=O)N2Cc2ccc(Cl)cc2)cc1. The maximum Gasteiger partial charge on any atom is 0.290 e. The molecule has 7 heteroatoms. The minimum Gasteiger partial charge on any atom is -0.502 e. The summed E-state index contributed by atoms with van der Waals surface area (Å²) in [5.74, 6) is -1.47. The zero-order valence-corrected chi connectivity index (χ0v) is 19.2. The van der Waals surface area contributed by atoms with Crippen LogP contribution in [-0.2, 0) is 21.2 Å². The molecule has 0 bridgehead atoms. The molecule has 0 saturated heterocycles. The number of hydrogen-bond donors (Lipinski definition) is 1. The Kier molecular flexibility index (Phi) is 5.84. The number of benzene rings is 3. The van der Waals surface area contributed by atoms with Gasteiger partial charge < -0.3 is 10.0 Å². The Morgan fingerprint density at radius 1 is 0.875 bits per heavy atom. The van der Waals surface area contributed by atoms with Gasteiger partial charge in [0.25, 0.3) is 5.91 Å². The number of hydrogen-bond acceptors (Lipinski definition) is 4. The number of amides is 1. The molecular weight excluding hydrogens is 446 g/mol. The van der Waals surface area contributed by atoms with Crippen LogP contribution in [0.2, 0.25) is 5.02 Å². The summed E-state index contributed by atoms with van der Waals surface area (Å²) in [7, 11) is -4.13. The lowest BCUT2D eigenvalue weighted by Crippen LogP contribution is -2.30. The van der Waals surface area contributed by atoms with Gasteiger partial charge in [-0.15, -0.1) is 0 Å². The van der Waals surface area contributed by atoms with Crippen LogP contribution < -0.4 is 0 Å². The van der Waals surface area contributed by atoms with E-state index < -0.39 is 27.5 Å². The smallest absolute Gasteiger partial charge is 0.290 e. The molecule has 3 aromatic rings. The van der Waals surface area contributed by atoms with Gasteiger partial charge in [-0.3, -0.25) is 4.79 Å². The van der Waals surface area contributed by atoms with Crippen molar-refractivity contribution in [1.29, 1.82) is 0 Å². The molecule has 0 fully saturated rings. The second-order valence-corrected chi connectivity index (χ2v) is 10.3. The Bertz CT molecular complexity index is 1300. The summed E-state index contributed by atoms with van der Waals surface area (Å²) in [6, 6.07) is 19.6. The van der Waals surface area contributed by atoms with Crippen molar-refractivity contribution < 1.29 is 18.3 Å². The summed E-state index contributed by atoms with van der Waals surface area (Å²) >= 11 is 5.97. The molecule has 0 saturated carbocycles. The lowest BCUT2D eigenvalue weighted by Gasteiger charge is -2.27. The highest BCUT2D eigenvalue weighted by Gasteiger charge is 2.46. The topological polar surface area (TPSA) is 74.7 Å². The Balaban J connectivity index is 1.84. The normalized spacial score (nSPS) is 16.7. The molecule has 32 heavy (non-hydrogen) atoms. The maximum atomic E-state index is 13.6. The van der Waals surface area contributed by atoms with Crippen molar-refractivity contribution >= 4 is 27.3 Å². The molecule has 0 spiro atoms. The Hall–Kier alpha value is -3.09. The van der Waals surface area contributed by atoms with Crippen LogP contribution in [0.3, 0.4) is 0 Å². The van der Waals surface area contributed by atoms with Crippen molar-refractivity contribution in [3.63, 3.8) is 0 Å². The predicted octanol–water partition coefficient (Wildman–Crippen LogP) is 5.28. The zero-order valence-electron chi connectivity index (χ0n) is 17.6. The van der Waals surface area contributed by atoms with Gasteiger partial charge in [0.15, 0.2) is 5.76 Å². The van der Waals surface area contributed by atoms with Gasteiger partial charge in [-0.2, -0.15) is 0 Å². The average Bonchev–Trinajstić information content (AvgIpc) is 3.01. The van der Waals surface area contributed by atoms with Crippen molar-refractivity contribution in [3.8, 4) is 0 Å². The second kappa shape index (κ2) is 8.45. The molecule has 0 unspecified atom stereocenters. The predicted molar refractivity (Wildman–Crippen MR) is 124 cm³/mol. The lowest BCUT2D eigenvalue weighted by molar-refractivity contribution is -0.130. The molecule has 1 aliphatic rings. The number of rotatable bonds is 5. The molecule has 0 aromatic heterocycles. The van der Waals surface area contributed by atoms with Crippen molar-refractivity contribution in [1.82, 2.24) is 4.90 Å². The summed E-state index contributed by atoms with van der Waals surface area (Å²) in [6.07, 6.45) is 0. The first-order chi connectivity index (χ1) is 15.2. The van der Waals surface area contributed by atoms with E-state index in [4.69, 9.17) is 11.6 Å². The zero-order chi connectivity index (χ0) is 23.0. The molecule has 1 heterocycles. The minimum absolute atomic E-state index is 0.0305. The van der Waals surface area contributed by atoms with E-state index in [1.54, 1.807) is 48.5 Å². The molecule has 1 N–H and O–H groups in total. The third kappa shape index (κ3) is 4.04. The maximum absolute atomic E-state index is 13.6. The van der Waals surface area contributed by atoms with E-state index in [1.165, 1.54) is 17.0 Å². The van der Waals surface area contributed by atoms with Gasteiger partial charge in [-0.25, -0.2) is 8.42 Å². The highest BCUT2D eigenvalue weighted by atomic mass is 35.5. The van der Waals surface area contributed by atoms with E-state index >= 15 is 0 Å². The van der Waals surface area contributed by atoms with Crippen molar-refractivity contribution in [2.75, 3.05) is 0 Å².